The van der Waals surface area contributed by atoms with E-state index in [2.05, 4.69) is 10.0 Å². The van der Waals surface area contributed by atoms with Gasteiger partial charge in [-0.3, -0.25) is 4.79 Å². The summed E-state index contributed by atoms with van der Waals surface area (Å²) in [6, 6.07) is 18.9. The lowest BCUT2D eigenvalue weighted by atomic mass is 10.2. The van der Waals surface area contributed by atoms with Gasteiger partial charge in [0.25, 0.3) is 5.91 Å². The quantitative estimate of drug-likeness (QED) is 0.542. The molecule has 3 aromatic rings. The average molecular weight is 455 g/mol. The Bertz CT molecular complexity index is 1230. The zero-order valence-corrected chi connectivity index (χ0v) is 18.1. The highest BCUT2D eigenvalue weighted by molar-refractivity contribution is 7.89. The number of aryl methyl sites for hydroxylation is 1. The van der Waals surface area contributed by atoms with Crippen LogP contribution in [-0.4, -0.2) is 27.7 Å². The van der Waals surface area contributed by atoms with E-state index in [1.807, 2.05) is 30.3 Å². The monoisotopic (exact) mass is 454 g/mol. The van der Waals surface area contributed by atoms with Crippen molar-refractivity contribution in [2.24, 2.45) is 0 Å². The first-order chi connectivity index (χ1) is 15.4. The van der Waals surface area contributed by atoms with Crippen molar-refractivity contribution in [2.75, 3.05) is 18.7 Å². The standard InChI is InChI=1S/C23H22N2O6S/c1-16-11-19(32(27,28)24-13-17-5-3-2-4-6-17)8-10-20(16)29-14-23(26)25-18-7-9-21-22(12-18)31-15-30-21/h2-12,24H,13-15H2,1H3,(H,25,26). The van der Waals surface area contributed by atoms with Crippen molar-refractivity contribution in [1.29, 1.82) is 0 Å². The number of hydrogen-bond acceptors (Lipinski definition) is 6. The third-order valence-electron chi connectivity index (χ3n) is 4.78. The molecule has 32 heavy (non-hydrogen) atoms. The van der Waals surface area contributed by atoms with Gasteiger partial charge >= 0.3 is 0 Å². The number of fused-ring (bicyclic) bond motifs is 1. The highest BCUT2D eigenvalue weighted by Gasteiger charge is 2.17. The van der Waals surface area contributed by atoms with Crippen LogP contribution < -0.4 is 24.2 Å². The molecule has 0 aliphatic carbocycles. The molecule has 0 spiro atoms. The van der Waals surface area contributed by atoms with E-state index in [9.17, 15) is 13.2 Å². The van der Waals surface area contributed by atoms with Crippen molar-refractivity contribution in [2.45, 2.75) is 18.4 Å². The van der Waals surface area contributed by atoms with Gasteiger partial charge in [-0.2, -0.15) is 0 Å². The van der Waals surface area contributed by atoms with E-state index in [0.717, 1.165) is 5.56 Å². The molecule has 2 N–H and O–H groups in total. The van der Waals surface area contributed by atoms with Crippen LogP contribution in [0.5, 0.6) is 17.2 Å². The maximum atomic E-state index is 12.6. The Hall–Kier alpha value is -3.56. The molecule has 0 aromatic heterocycles. The Morgan fingerprint density at radius 3 is 2.56 bits per heavy atom. The van der Waals surface area contributed by atoms with Gasteiger partial charge in [0.05, 0.1) is 4.90 Å². The molecule has 1 aliphatic rings. The fourth-order valence-electron chi connectivity index (χ4n) is 3.12. The van der Waals surface area contributed by atoms with Crippen molar-refractivity contribution in [3.05, 3.63) is 77.9 Å². The minimum Gasteiger partial charge on any atom is -0.483 e. The number of carbonyl (C=O) groups is 1. The van der Waals surface area contributed by atoms with Crippen molar-refractivity contribution in [3.63, 3.8) is 0 Å². The highest BCUT2D eigenvalue weighted by atomic mass is 32.2. The summed E-state index contributed by atoms with van der Waals surface area (Å²) in [6.45, 7) is 1.85. The largest absolute Gasteiger partial charge is 0.483 e. The minimum atomic E-state index is -3.68. The van der Waals surface area contributed by atoms with Crippen LogP contribution in [0.15, 0.2) is 71.6 Å². The Kier molecular flexibility index (Phi) is 6.29. The zero-order chi connectivity index (χ0) is 22.6. The molecule has 0 atom stereocenters. The van der Waals surface area contributed by atoms with Gasteiger partial charge in [-0.05, 0) is 48.4 Å². The second kappa shape index (κ2) is 9.29. The Morgan fingerprint density at radius 2 is 1.78 bits per heavy atom. The minimum absolute atomic E-state index is 0.128. The number of anilines is 1. The second-order valence-electron chi connectivity index (χ2n) is 7.14. The number of amides is 1. The molecule has 166 valence electrons. The first-order valence-corrected chi connectivity index (χ1v) is 11.4. The Balaban J connectivity index is 1.34. The van der Waals surface area contributed by atoms with E-state index >= 15 is 0 Å². The van der Waals surface area contributed by atoms with E-state index in [0.29, 0.717) is 28.5 Å². The summed E-state index contributed by atoms with van der Waals surface area (Å²) in [6.07, 6.45) is 0. The summed E-state index contributed by atoms with van der Waals surface area (Å²) >= 11 is 0. The lowest BCUT2D eigenvalue weighted by Gasteiger charge is -2.12. The van der Waals surface area contributed by atoms with Crippen LogP contribution in [0.2, 0.25) is 0 Å². The summed E-state index contributed by atoms with van der Waals surface area (Å²) in [5.41, 5.74) is 2.02. The summed E-state index contributed by atoms with van der Waals surface area (Å²) < 4.78 is 43.9. The number of ether oxygens (including phenoxy) is 3. The van der Waals surface area contributed by atoms with Crippen molar-refractivity contribution < 1.29 is 27.4 Å². The maximum Gasteiger partial charge on any atom is 0.262 e. The summed E-state index contributed by atoms with van der Waals surface area (Å²) in [7, 11) is -3.68. The van der Waals surface area contributed by atoms with Gasteiger partial charge in [-0.1, -0.05) is 30.3 Å². The Labute approximate surface area is 186 Å². The average Bonchev–Trinajstić information content (AvgIpc) is 3.25. The molecule has 9 heteroatoms. The van der Waals surface area contributed by atoms with Gasteiger partial charge in [0.15, 0.2) is 18.1 Å². The Morgan fingerprint density at radius 1 is 1.00 bits per heavy atom. The third kappa shape index (κ3) is 5.19. The fourth-order valence-corrected chi connectivity index (χ4v) is 4.23. The normalized spacial score (nSPS) is 12.4. The maximum absolute atomic E-state index is 12.6. The topological polar surface area (TPSA) is 103 Å². The van der Waals surface area contributed by atoms with E-state index in [4.69, 9.17) is 14.2 Å². The number of nitrogens with one attached hydrogen (secondary N) is 2. The molecule has 1 amide bonds. The van der Waals surface area contributed by atoms with Crippen LogP contribution in [0.25, 0.3) is 0 Å². The van der Waals surface area contributed by atoms with Crippen LogP contribution in [-0.2, 0) is 21.4 Å². The molecule has 0 bridgehead atoms. The fraction of sp³-hybridized carbons (Fsp3) is 0.174. The first-order valence-electron chi connectivity index (χ1n) is 9.87. The predicted octanol–water partition coefficient (Wildman–Crippen LogP) is 3.22. The van der Waals surface area contributed by atoms with Gasteiger partial charge in [-0.15, -0.1) is 0 Å². The van der Waals surface area contributed by atoms with Crippen LogP contribution >= 0.6 is 0 Å². The van der Waals surface area contributed by atoms with Crippen LogP contribution in [0.1, 0.15) is 11.1 Å². The van der Waals surface area contributed by atoms with E-state index in [-0.39, 0.29) is 30.7 Å². The second-order valence-corrected chi connectivity index (χ2v) is 8.91. The van der Waals surface area contributed by atoms with Crippen LogP contribution in [0.3, 0.4) is 0 Å². The molecule has 8 nitrogen and oxygen atoms in total. The van der Waals surface area contributed by atoms with Crippen molar-refractivity contribution in [3.8, 4) is 17.2 Å². The van der Waals surface area contributed by atoms with E-state index < -0.39 is 10.0 Å². The molecule has 1 heterocycles. The molecule has 0 unspecified atom stereocenters. The molecule has 1 aliphatic heterocycles. The van der Waals surface area contributed by atoms with Crippen LogP contribution in [0, 0.1) is 6.92 Å². The highest BCUT2D eigenvalue weighted by Crippen LogP contribution is 2.34. The molecule has 0 saturated carbocycles. The SMILES string of the molecule is Cc1cc(S(=O)(=O)NCc2ccccc2)ccc1OCC(=O)Nc1ccc2c(c1)OCO2. The summed E-state index contributed by atoms with van der Waals surface area (Å²) in [5, 5.41) is 2.72. The van der Waals surface area contributed by atoms with Gasteiger partial charge in [0, 0.05) is 18.3 Å². The van der Waals surface area contributed by atoms with Crippen LogP contribution in [0.4, 0.5) is 5.69 Å². The number of hydrogen-bond donors (Lipinski definition) is 2. The van der Waals surface area contributed by atoms with Gasteiger partial charge in [0.2, 0.25) is 16.8 Å². The first kappa shape index (κ1) is 21.7. The molecular formula is C23H22N2O6S. The van der Waals surface area contributed by atoms with E-state index in [1.54, 1.807) is 31.2 Å². The lowest BCUT2D eigenvalue weighted by molar-refractivity contribution is -0.118. The molecule has 4 rings (SSSR count). The molecule has 0 saturated heterocycles. The smallest absolute Gasteiger partial charge is 0.262 e. The number of benzene rings is 3. The number of sulfonamides is 1. The number of carbonyl (C=O) groups excluding carboxylic acids is 1. The van der Waals surface area contributed by atoms with Crippen molar-refractivity contribution in [1.82, 2.24) is 4.72 Å². The molecule has 0 fully saturated rings. The van der Waals surface area contributed by atoms with Gasteiger partial charge in [-0.25, -0.2) is 13.1 Å². The summed E-state index contributed by atoms with van der Waals surface area (Å²) in [5.74, 6) is 1.26. The molecule has 0 radical (unpaired) electrons. The zero-order valence-electron chi connectivity index (χ0n) is 17.3. The predicted molar refractivity (Wildman–Crippen MR) is 118 cm³/mol. The lowest BCUT2D eigenvalue weighted by Crippen LogP contribution is -2.23. The van der Waals surface area contributed by atoms with Gasteiger partial charge in [0.1, 0.15) is 5.75 Å². The molecule has 3 aromatic carbocycles. The molecular weight excluding hydrogens is 432 g/mol. The number of rotatable bonds is 8. The third-order valence-corrected chi connectivity index (χ3v) is 6.18. The van der Waals surface area contributed by atoms with Gasteiger partial charge < -0.3 is 19.5 Å². The summed E-state index contributed by atoms with van der Waals surface area (Å²) in [4.78, 5) is 12.4. The van der Waals surface area contributed by atoms with E-state index in [1.165, 1.54) is 12.1 Å². The van der Waals surface area contributed by atoms with Crippen molar-refractivity contribution >= 4 is 21.6 Å².